The largest absolute Gasteiger partial charge is 0.306 e. The van der Waals surface area contributed by atoms with Gasteiger partial charge >= 0.3 is 0 Å². The van der Waals surface area contributed by atoms with Crippen molar-refractivity contribution < 1.29 is 0 Å². The van der Waals surface area contributed by atoms with Gasteiger partial charge in [0.1, 0.15) is 0 Å². The monoisotopic (exact) mass is 478 g/mol. The minimum atomic E-state index is -0.0239. The first-order valence-electron chi connectivity index (χ1n) is 13.3. The van der Waals surface area contributed by atoms with E-state index in [4.69, 9.17) is 0 Å². The molecule has 0 amide bonds. The molecule has 1 aliphatic heterocycles. The van der Waals surface area contributed by atoms with Crippen molar-refractivity contribution in [2.24, 2.45) is 0 Å². The molecule has 6 aromatic rings. The maximum Gasteiger partial charge on any atom is 0.0783 e. The zero-order chi connectivity index (χ0) is 25.3. The summed E-state index contributed by atoms with van der Waals surface area (Å²) < 4.78 is 2.49. The van der Waals surface area contributed by atoms with E-state index in [1.807, 2.05) is 13.8 Å². The average molecular weight is 479 g/mol. The Bertz CT molecular complexity index is 1820. The summed E-state index contributed by atoms with van der Waals surface area (Å²) in [6, 6.07) is 40.1. The molecule has 1 aliphatic carbocycles. The van der Waals surface area contributed by atoms with Crippen molar-refractivity contribution in [3.8, 4) is 16.8 Å². The predicted octanol–water partition coefficient (Wildman–Crippen LogP) is 9.90. The fourth-order valence-electron chi connectivity index (χ4n) is 6.50. The molecule has 0 saturated carbocycles. The Morgan fingerprint density at radius 3 is 2.03 bits per heavy atom. The zero-order valence-corrected chi connectivity index (χ0v) is 21.8. The van der Waals surface area contributed by atoms with Crippen LogP contribution in [0.2, 0.25) is 0 Å². The molecule has 2 nitrogen and oxygen atoms in total. The van der Waals surface area contributed by atoms with Crippen molar-refractivity contribution in [1.82, 2.24) is 4.57 Å². The summed E-state index contributed by atoms with van der Waals surface area (Å²) in [7, 11) is 0. The van der Waals surface area contributed by atoms with E-state index in [0.717, 1.165) is 0 Å². The van der Waals surface area contributed by atoms with E-state index in [1.54, 1.807) is 0 Å². The lowest BCUT2D eigenvalue weighted by atomic mass is 9.82. The van der Waals surface area contributed by atoms with Crippen LogP contribution in [0.4, 0.5) is 17.1 Å². The van der Waals surface area contributed by atoms with Gasteiger partial charge in [-0.1, -0.05) is 94.4 Å². The van der Waals surface area contributed by atoms with E-state index < -0.39 is 0 Å². The third-order valence-electron chi connectivity index (χ3n) is 8.09. The minimum Gasteiger partial charge on any atom is -0.306 e. The van der Waals surface area contributed by atoms with Gasteiger partial charge in [0.2, 0.25) is 0 Å². The van der Waals surface area contributed by atoms with Crippen molar-refractivity contribution in [3.63, 3.8) is 0 Å². The van der Waals surface area contributed by atoms with E-state index >= 15 is 0 Å². The summed E-state index contributed by atoms with van der Waals surface area (Å²) in [6.07, 6.45) is 0. The molecule has 37 heavy (non-hydrogen) atoms. The van der Waals surface area contributed by atoms with Crippen molar-refractivity contribution in [3.05, 3.63) is 120 Å². The second-order valence-corrected chi connectivity index (χ2v) is 10.3. The Kier molecular flexibility index (Phi) is 4.65. The Balaban J connectivity index is 0.00000113. The van der Waals surface area contributed by atoms with Gasteiger partial charge in [-0.05, 0) is 64.7 Å². The molecule has 5 aromatic carbocycles. The van der Waals surface area contributed by atoms with Gasteiger partial charge in [0, 0.05) is 21.9 Å². The highest BCUT2D eigenvalue weighted by Crippen LogP contribution is 2.54. The first-order valence-corrected chi connectivity index (χ1v) is 13.3. The van der Waals surface area contributed by atoms with Crippen LogP contribution in [0.25, 0.3) is 38.6 Å². The van der Waals surface area contributed by atoms with Gasteiger partial charge in [-0.15, -0.1) is 0 Å². The van der Waals surface area contributed by atoms with E-state index in [9.17, 15) is 0 Å². The lowest BCUT2D eigenvalue weighted by Crippen LogP contribution is -2.18. The molecule has 0 unspecified atom stereocenters. The SMILES string of the molecule is CC.CC1(C)c2ccccc2-c2cc3c4cccc5c4n(c3cc21)-c1ccccc1N5c1ccccc1. The molecule has 0 saturated heterocycles. The molecule has 2 aliphatic rings. The van der Waals surface area contributed by atoms with Crippen molar-refractivity contribution in [2.75, 3.05) is 4.90 Å². The second kappa shape index (κ2) is 7.85. The maximum atomic E-state index is 2.49. The van der Waals surface area contributed by atoms with Gasteiger partial charge in [0.25, 0.3) is 0 Å². The molecule has 0 N–H and O–H groups in total. The molecule has 2 heterocycles. The molecule has 0 radical (unpaired) electrons. The number of anilines is 3. The Labute approximate surface area is 218 Å². The van der Waals surface area contributed by atoms with Crippen LogP contribution in [0.1, 0.15) is 38.8 Å². The van der Waals surface area contributed by atoms with Crippen molar-refractivity contribution >= 4 is 38.9 Å². The molecule has 0 spiro atoms. The second-order valence-electron chi connectivity index (χ2n) is 10.3. The molecule has 0 bridgehead atoms. The van der Waals surface area contributed by atoms with Crippen LogP contribution in [0.5, 0.6) is 0 Å². The number of hydrogen-bond acceptors (Lipinski definition) is 1. The molecule has 1 aromatic heterocycles. The highest BCUT2D eigenvalue weighted by molar-refractivity contribution is 6.17. The summed E-state index contributed by atoms with van der Waals surface area (Å²) in [5.74, 6) is 0. The summed E-state index contributed by atoms with van der Waals surface area (Å²) in [4.78, 5) is 2.41. The summed E-state index contributed by atoms with van der Waals surface area (Å²) in [5, 5.41) is 2.62. The maximum absolute atomic E-state index is 2.49. The third kappa shape index (κ3) is 2.81. The Morgan fingerprint density at radius 2 is 1.22 bits per heavy atom. The number of nitrogens with zero attached hydrogens (tertiary/aromatic N) is 2. The van der Waals surface area contributed by atoms with E-state index in [1.165, 1.54) is 66.8 Å². The third-order valence-corrected chi connectivity index (χ3v) is 8.09. The van der Waals surface area contributed by atoms with Gasteiger partial charge in [0.05, 0.1) is 28.1 Å². The Morgan fingerprint density at radius 1 is 0.541 bits per heavy atom. The van der Waals surface area contributed by atoms with Crippen LogP contribution in [0, 0.1) is 0 Å². The lowest BCUT2D eigenvalue weighted by Gasteiger charge is -2.33. The summed E-state index contributed by atoms with van der Waals surface area (Å²) >= 11 is 0. The summed E-state index contributed by atoms with van der Waals surface area (Å²) in [6.45, 7) is 8.72. The van der Waals surface area contributed by atoms with Crippen LogP contribution in [-0.2, 0) is 5.41 Å². The fraction of sp³-hybridized carbons (Fsp3) is 0.143. The first-order chi connectivity index (χ1) is 18.1. The van der Waals surface area contributed by atoms with Gasteiger partial charge < -0.3 is 9.47 Å². The Hall–Kier alpha value is -4.30. The van der Waals surface area contributed by atoms with Crippen LogP contribution < -0.4 is 4.90 Å². The van der Waals surface area contributed by atoms with Crippen molar-refractivity contribution in [2.45, 2.75) is 33.1 Å². The molecule has 8 rings (SSSR count). The first kappa shape index (κ1) is 21.9. The van der Waals surface area contributed by atoms with Gasteiger partial charge in [-0.2, -0.15) is 0 Å². The minimum absolute atomic E-state index is 0.0239. The average Bonchev–Trinajstić information content (AvgIpc) is 3.40. The van der Waals surface area contributed by atoms with E-state index in [0.29, 0.717) is 0 Å². The summed E-state index contributed by atoms with van der Waals surface area (Å²) in [5.41, 5.74) is 12.9. The van der Waals surface area contributed by atoms with Crippen LogP contribution >= 0.6 is 0 Å². The smallest absolute Gasteiger partial charge is 0.0783 e. The number of para-hydroxylation sites is 4. The topological polar surface area (TPSA) is 8.17 Å². The van der Waals surface area contributed by atoms with Crippen LogP contribution in [0.3, 0.4) is 0 Å². The number of benzene rings is 5. The number of rotatable bonds is 1. The quantitative estimate of drug-likeness (QED) is 0.228. The molecule has 2 heteroatoms. The molecular formula is C35H30N2. The molecule has 0 fully saturated rings. The standard InChI is InChI=1S/C33H24N2.C2H6/c1-33(2)26-15-7-6-13-22(26)24-19-25-23-14-10-18-30-32(23)35(31(25)20-27(24)33)29-17-9-8-16-28(29)34(30)21-11-4-3-5-12-21;1-2/h3-20H,1-2H3;1-2H3. The number of aromatic nitrogens is 1. The van der Waals surface area contributed by atoms with E-state index in [-0.39, 0.29) is 5.41 Å². The van der Waals surface area contributed by atoms with Gasteiger partial charge in [-0.3, -0.25) is 0 Å². The molecule has 0 atom stereocenters. The predicted molar refractivity (Wildman–Crippen MR) is 158 cm³/mol. The fourth-order valence-corrected chi connectivity index (χ4v) is 6.50. The highest BCUT2D eigenvalue weighted by Gasteiger charge is 2.37. The highest BCUT2D eigenvalue weighted by atomic mass is 15.2. The van der Waals surface area contributed by atoms with Crippen LogP contribution in [-0.4, -0.2) is 4.57 Å². The van der Waals surface area contributed by atoms with Crippen molar-refractivity contribution in [1.29, 1.82) is 0 Å². The lowest BCUT2D eigenvalue weighted by molar-refractivity contribution is 0.661. The number of fused-ring (bicyclic) bond motifs is 8. The normalized spacial score (nSPS) is 14.1. The zero-order valence-electron chi connectivity index (χ0n) is 21.8. The molecule has 180 valence electrons. The van der Waals surface area contributed by atoms with Crippen LogP contribution in [0.15, 0.2) is 109 Å². The van der Waals surface area contributed by atoms with E-state index in [2.05, 4.69) is 133 Å². The van der Waals surface area contributed by atoms with Gasteiger partial charge in [0.15, 0.2) is 0 Å². The number of hydrogen-bond donors (Lipinski definition) is 0. The molecular weight excluding hydrogens is 448 g/mol. The van der Waals surface area contributed by atoms with Gasteiger partial charge in [-0.25, -0.2) is 0 Å².